The molecule has 0 N–H and O–H groups in total. The predicted molar refractivity (Wildman–Crippen MR) is 99.7 cm³/mol. The molecule has 6 nitrogen and oxygen atoms in total. The van der Waals surface area contributed by atoms with Crippen molar-refractivity contribution in [3.8, 4) is 11.5 Å². The maximum atomic E-state index is 12.8. The molecule has 132 valence electrons. The highest BCUT2D eigenvalue weighted by atomic mass is 35.5. The van der Waals surface area contributed by atoms with Crippen LogP contribution in [0.25, 0.3) is 10.9 Å². The van der Waals surface area contributed by atoms with E-state index >= 15 is 0 Å². The van der Waals surface area contributed by atoms with E-state index in [9.17, 15) is 9.59 Å². The van der Waals surface area contributed by atoms with Gasteiger partial charge in [-0.2, -0.15) is 0 Å². The van der Waals surface area contributed by atoms with Gasteiger partial charge >= 0.3 is 5.69 Å². The second kappa shape index (κ2) is 7.33. The van der Waals surface area contributed by atoms with Gasteiger partial charge in [0.05, 0.1) is 31.7 Å². The quantitative estimate of drug-likeness (QED) is 0.616. The van der Waals surface area contributed by atoms with Gasteiger partial charge in [0.2, 0.25) is 0 Å². The molecule has 0 aliphatic heterocycles. The number of ether oxygens (including phenoxy) is 2. The molecule has 0 spiro atoms. The number of hydrogen-bond donors (Lipinski definition) is 0. The molecule has 0 radical (unpaired) electrons. The van der Waals surface area contributed by atoms with Gasteiger partial charge < -0.3 is 9.47 Å². The van der Waals surface area contributed by atoms with Gasteiger partial charge in [0.25, 0.3) is 5.56 Å². The molecular formula is C17H17ClN2O4S. The molecule has 25 heavy (non-hydrogen) atoms. The summed E-state index contributed by atoms with van der Waals surface area (Å²) in [7, 11) is 3.10. The van der Waals surface area contributed by atoms with E-state index in [0.717, 1.165) is 5.56 Å². The number of methoxy groups -OCH3 is 2. The number of nitrogens with zero attached hydrogens (tertiary/aromatic N) is 2. The van der Waals surface area contributed by atoms with E-state index in [4.69, 9.17) is 21.1 Å². The zero-order valence-corrected chi connectivity index (χ0v) is 15.4. The molecule has 2 heterocycles. The molecule has 3 rings (SSSR count). The standard InChI is InChI=1S/C17H17ClN2O4S/c1-23-12-4-3-11(15(7-12)24-2)8-20-16(21)13-9-25-10-14(13)19(6-5-18)17(20)22/h3-4,7,9-10H,5-6,8H2,1-2H3. The summed E-state index contributed by atoms with van der Waals surface area (Å²) in [5.41, 5.74) is 0.646. The van der Waals surface area contributed by atoms with Crippen molar-refractivity contribution in [2.24, 2.45) is 0 Å². The molecule has 0 amide bonds. The summed E-state index contributed by atoms with van der Waals surface area (Å²) < 4.78 is 13.3. The lowest BCUT2D eigenvalue weighted by Crippen LogP contribution is -2.40. The van der Waals surface area contributed by atoms with Gasteiger partial charge in [0.15, 0.2) is 0 Å². The van der Waals surface area contributed by atoms with Gasteiger partial charge in [-0.25, -0.2) is 4.79 Å². The summed E-state index contributed by atoms with van der Waals surface area (Å²) in [6, 6.07) is 5.28. The van der Waals surface area contributed by atoms with Crippen molar-refractivity contribution in [1.82, 2.24) is 9.13 Å². The third kappa shape index (κ3) is 3.17. The molecule has 0 bridgehead atoms. The van der Waals surface area contributed by atoms with Gasteiger partial charge in [-0.15, -0.1) is 22.9 Å². The zero-order chi connectivity index (χ0) is 18.0. The number of hydrogen-bond acceptors (Lipinski definition) is 5. The summed E-state index contributed by atoms with van der Waals surface area (Å²) in [4.78, 5) is 25.6. The summed E-state index contributed by atoms with van der Waals surface area (Å²) in [5, 5.41) is 4.06. The number of aromatic nitrogens is 2. The minimum absolute atomic E-state index is 0.110. The molecule has 0 fully saturated rings. The largest absolute Gasteiger partial charge is 0.497 e. The Balaban J connectivity index is 2.17. The highest BCUT2D eigenvalue weighted by Crippen LogP contribution is 2.25. The first-order valence-electron chi connectivity index (χ1n) is 7.57. The second-order valence-corrected chi connectivity index (χ2v) is 6.48. The molecule has 2 aromatic heterocycles. The summed E-state index contributed by atoms with van der Waals surface area (Å²) in [6.45, 7) is 0.451. The zero-order valence-electron chi connectivity index (χ0n) is 13.8. The van der Waals surface area contributed by atoms with E-state index in [1.165, 1.54) is 27.6 Å². The van der Waals surface area contributed by atoms with Crippen LogP contribution in [-0.2, 0) is 13.1 Å². The maximum Gasteiger partial charge on any atom is 0.331 e. The van der Waals surface area contributed by atoms with Crippen molar-refractivity contribution in [1.29, 1.82) is 0 Å². The van der Waals surface area contributed by atoms with Crippen LogP contribution in [0.4, 0.5) is 0 Å². The molecular weight excluding hydrogens is 364 g/mol. The van der Waals surface area contributed by atoms with Crippen LogP contribution in [0.3, 0.4) is 0 Å². The number of alkyl halides is 1. The molecule has 0 saturated heterocycles. The van der Waals surface area contributed by atoms with Crippen LogP contribution in [0.1, 0.15) is 5.56 Å². The normalized spacial score (nSPS) is 11.0. The Morgan fingerprint density at radius 2 is 1.92 bits per heavy atom. The van der Waals surface area contributed by atoms with E-state index in [2.05, 4.69) is 0 Å². The molecule has 0 saturated carbocycles. The van der Waals surface area contributed by atoms with E-state index in [-0.39, 0.29) is 23.7 Å². The lowest BCUT2D eigenvalue weighted by molar-refractivity contribution is 0.389. The lowest BCUT2D eigenvalue weighted by Gasteiger charge is -2.14. The fraction of sp³-hybridized carbons (Fsp3) is 0.294. The van der Waals surface area contributed by atoms with Crippen LogP contribution in [-0.4, -0.2) is 29.2 Å². The van der Waals surface area contributed by atoms with Crippen LogP contribution >= 0.6 is 22.9 Å². The topological polar surface area (TPSA) is 62.5 Å². The molecule has 0 unspecified atom stereocenters. The average molecular weight is 381 g/mol. The number of rotatable bonds is 6. The Morgan fingerprint density at radius 3 is 2.60 bits per heavy atom. The Kier molecular flexibility index (Phi) is 5.15. The number of benzene rings is 1. The minimum atomic E-state index is -0.380. The van der Waals surface area contributed by atoms with Crippen molar-refractivity contribution in [2.45, 2.75) is 13.1 Å². The second-order valence-electron chi connectivity index (χ2n) is 5.36. The monoisotopic (exact) mass is 380 g/mol. The molecule has 1 aromatic carbocycles. The van der Waals surface area contributed by atoms with Gasteiger partial charge in [-0.05, 0) is 12.1 Å². The minimum Gasteiger partial charge on any atom is -0.497 e. The highest BCUT2D eigenvalue weighted by molar-refractivity contribution is 7.09. The lowest BCUT2D eigenvalue weighted by atomic mass is 10.2. The van der Waals surface area contributed by atoms with Crippen molar-refractivity contribution in [3.63, 3.8) is 0 Å². The summed E-state index contributed by atoms with van der Waals surface area (Å²) in [6.07, 6.45) is 0. The molecule has 3 aromatic rings. The molecule has 0 atom stereocenters. The number of fused-ring (bicyclic) bond motifs is 1. The van der Waals surface area contributed by atoms with Gasteiger partial charge in [0, 0.05) is 34.8 Å². The van der Waals surface area contributed by atoms with E-state index in [1.807, 2.05) is 0 Å². The summed E-state index contributed by atoms with van der Waals surface area (Å²) >= 11 is 7.22. The third-order valence-electron chi connectivity index (χ3n) is 4.00. The van der Waals surface area contributed by atoms with Crippen molar-refractivity contribution in [3.05, 3.63) is 55.4 Å². The Morgan fingerprint density at radius 1 is 1.12 bits per heavy atom. The fourth-order valence-corrected chi connectivity index (χ4v) is 3.71. The van der Waals surface area contributed by atoms with E-state index in [1.54, 1.807) is 36.1 Å². The molecule has 0 aliphatic rings. The Labute approximate surface area is 152 Å². The van der Waals surface area contributed by atoms with Gasteiger partial charge in [-0.1, -0.05) is 0 Å². The van der Waals surface area contributed by atoms with Crippen molar-refractivity contribution >= 4 is 33.8 Å². The highest BCUT2D eigenvalue weighted by Gasteiger charge is 2.15. The first-order valence-corrected chi connectivity index (χ1v) is 9.04. The van der Waals surface area contributed by atoms with Crippen LogP contribution in [0, 0.1) is 0 Å². The van der Waals surface area contributed by atoms with Crippen molar-refractivity contribution < 1.29 is 9.47 Å². The third-order valence-corrected chi connectivity index (χ3v) is 4.90. The van der Waals surface area contributed by atoms with Crippen LogP contribution < -0.4 is 20.7 Å². The molecule has 0 aliphatic carbocycles. The first-order chi connectivity index (χ1) is 12.1. The van der Waals surface area contributed by atoms with Gasteiger partial charge in [-0.3, -0.25) is 13.9 Å². The van der Waals surface area contributed by atoms with E-state index < -0.39 is 0 Å². The van der Waals surface area contributed by atoms with Crippen LogP contribution in [0.15, 0.2) is 38.5 Å². The van der Waals surface area contributed by atoms with Crippen molar-refractivity contribution in [2.75, 3.05) is 20.1 Å². The first kappa shape index (κ1) is 17.6. The maximum absolute atomic E-state index is 12.8. The Bertz CT molecular complexity index is 1020. The SMILES string of the molecule is COc1ccc(Cn2c(=O)c3cscc3n(CCCl)c2=O)c(OC)c1. The fourth-order valence-electron chi connectivity index (χ4n) is 2.73. The average Bonchev–Trinajstić information content (AvgIpc) is 3.12. The number of thiophene rings is 1. The van der Waals surface area contributed by atoms with E-state index in [0.29, 0.717) is 28.9 Å². The summed E-state index contributed by atoms with van der Waals surface area (Å²) in [5.74, 6) is 1.48. The number of halogens is 1. The van der Waals surface area contributed by atoms with Gasteiger partial charge in [0.1, 0.15) is 11.5 Å². The van der Waals surface area contributed by atoms with Crippen LogP contribution in [0.5, 0.6) is 11.5 Å². The molecule has 8 heteroatoms. The smallest absolute Gasteiger partial charge is 0.331 e. The predicted octanol–water partition coefficient (Wildman–Crippen LogP) is 2.53. The van der Waals surface area contributed by atoms with Crippen LogP contribution in [0.2, 0.25) is 0 Å². The Hall–Kier alpha value is -2.25. The number of aryl methyl sites for hydroxylation is 1.